The Labute approximate surface area is 154 Å². The minimum absolute atomic E-state index is 0.109. The number of amides is 1. The fourth-order valence-electron chi connectivity index (χ4n) is 2.26. The van der Waals surface area contributed by atoms with Gasteiger partial charge in [-0.3, -0.25) is 4.79 Å². The van der Waals surface area contributed by atoms with Gasteiger partial charge in [0.05, 0.1) is 16.5 Å². The standard InChI is InChI=1S/C16H17ClN4OS2/c17-12-3-1-2-4-13(12)20-15(22)10-24-16-9-14(18-11-19-16)21-5-7-23-8-6-21/h1-4,9,11H,5-8,10H2,(H,20,22). The van der Waals surface area contributed by atoms with E-state index < -0.39 is 0 Å². The molecule has 1 aliphatic rings. The third kappa shape index (κ3) is 4.78. The molecule has 3 rings (SSSR count). The average Bonchev–Trinajstić information content (AvgIpc) is 2.63. The maximum Gasteiger partial charge on any atom is 0.234 e. The highest BCUT2D eigenvalue weighted by Gasteiger charge is 2.14. The zero-order valence-electron chi connectivity index (χ0n) is 12.9. The van der Waals surface area contributed by atoms with Gasteiger partial charge in [0, 0.05) is 30.7 Å². The highest BCUT2D eigenvalue weighted by molar-refractivity contribution is 8.00. The zero-order chi connectivity index (χ0) is 16.8. The molecule has 0 aliphatic carbocycles. The summed E-state index contributed by atoms with van der Waals surface area (Å²) in [4.78, 5) is 22.9. The van der Waals surface area contributed by atoms with E-state index in [1.54, 1.807) is 18.5 Å². The normalized spacial score (nSPS) is 14.5. The summed E-state index contributed by atoms with van der Waals surface area (Å²) in [7, 11) is 0. The quantitative estimate of drug-likeness (QED) is 0.633. The molecule has 126 valence electrons. The second-order valence-electron chi connectivity index (χ2n) is 5.13. The molecule has 0 atom stereocenters. The minimum atomic E-state index is -0.109. The maximum atomic E-state index is 12.1. The average molecular weight is 381 g/mol. The summed E-state index contributed by atoms with van der Waals surface area (Å²) in [5.41, 5.74) is 0.624. The predicted molar refractivity (Wildman–Crippen MR) is 102 cm³/mol. The summed E-state index contributed by atoms with van der Waals surface area (Å²) in [6.07, 6.45) is 1.56. The lowest BCUT2D eigenvalue weighted by Crippen LogP contribution is -2.33. The van der Waals surface area contributed by atoms with E-state index >= 15 is 0 Å². The van der Waals surface area contributed by atoms with Crippen molar-refractivity contribution >= 4 is 52.5 Å². The highest BCUT2D eigenvalue weighted by Crippen LogP contribution is 2.23. The Hall–Kier alpha value is -1.44. The van der Waals surface area contributed by atoms with Crippen LogP contribution >= 0.6 is 35.1 Å². The van der Waals surface area contributed by atoms with Crippen LogP contribution in [-0.4, -0.2) is 46.2 Å². The van der Waals surface area contributed by atoms with E-state index in [-0.39, 0.29) is 11.7 Å². The molecule has 1 aliphatic heterocycles. The molecular formula is C16H17ClN4OS2. The number of thioether (sulfide) groups is 2. The monoisotopic (exact) mass is 380 g/mol. The second-order valence-corrected chi connectivity index (χ2v) is 7.76. The molecule has 1 aromatic carbocycles. The highest BCUT2D eigenvalue weighted by atomic mass is 35.5. The van der Waals surface area contributed by atoms with Crippen molar-refractivity contribution in [2.45, 2.75) is 5.03 Å². The molecule has 1 fully saturated rings. The molecule has 1 aromatic heterocycles. The number of hydrogen-bond donors (Lipinski definition) is 1. The van der Waals surface area contributed by atoms with Crippen molar-refractivity contribution in [3.05, 3.63) is 41.7 Å². The lowest BCUT2D eigenvalue weighted by atomic mass is 10.3. The molecule has 0 spiro atoms. The molecule has 0 unspecified atom stereocenters. The van der Waals surface area contributed by atoms with Gasteiger partial charge in [0.15, 0.2) is 0 Å². The molecule has 24 heavy (non-hydrogen) atoms. The number of nitrogens with one attached hydrogen (secondary N) is 1. The van der Waals surface area contributed by atoms with Crippen LogP contribution in [0.15, 0.2) is 41.7 Å². The minimum Gasteiger partial charge on any atom is -0.355 e. The van der Waals surface area contributed by atoms with E-state index in [1.807, 2.05) is 30.0 Å². The summed E-state index contributed by atoms with van der Waals surface area (Å²) in [5.74, 6) is 3.33. The molecule has 0 saturated carbocycles. The van der Waals surface area contributed by atoms with Gasteiger partial charge in [-0.15, -0.1) is 0 Å². The Morgan fingerprint density at radius 3 is 2.88 bits per heavy atom. The Bertz CT molecular complexity index is 710. The van der Waals surface area contributed by atoms with Crippen molar-refractivity contribution in [2.75, 3.05) is 40.6 Å². The number of carbonyl (C=O) groups excluding carboxylic acids is 1. The van der Waals surface area contributed by atoms with E-state index in [4.69, 9.17) is 11.6 Å². The lowest BCUT2D eigenvalue weighted by molar-refractivity contribution is -0.113. The van der Waals surface area contributed by atoms with Crippen LogP contribution in [0.4, 0.5) is 11.5 Å². The first-order valence-corrected chi connectivity index (χ1v) is 10.1. The number of hydrogen-bond acceptors (Lipinski definition) is 6. The van der Waals surface area contributed by atoms with Crippen molar-refractivity contribution in [2.24, 2.45) is 0 Å². The summed E-state index contributed by atoms with van der Waals surface area (Å²) in [6.45, 7) is 2.00. The number of nitrogens with zero attached hydrogens (tertiary/aromatic N) is 3. The number of benzene rings is 1. The van der Waals surface area contributed by atoms with Gasteiger partial charge < -0.3 is 10.2 Å². The molecule has 2 heterocycles. The van der Waals surface area contributed by atoms with Crippen LogP contribution in [0, 0.1) is 0 Å². The van der Waals surface area contributed by atoms with E-state index in [1.165, 1.54) is 11.8 Å². The molecule has 2 aromatic rings. The Morgan fingerprint density at radius 1 is 1.29 bits per heavy atom. The first-order chi connectivity index (χ1) is 11.7. The predicted octanol–water partition coefficient (Wildman–Crippen LogP) is 3.41. The van der Waals surface area contributed by atoms with Crippen molar-refractivity contribution < 1.29 is 4.79 Å². The molecule has 0 radical (unpaired) electrons. The first kappa shape index (κ1) is 17.4. The lowest BCUT2D eigenvalue weighted by Gasteiger charge is -2.27. The Balaban J connectivity index is 1.56. The van der Waals surface area contributed by atoms with Gasteiger partial charge in [-0.2, -0.15) is 11.8 Å². The fourth-order valence-corrected chi connectivity index (χ4v) is 4.01. The third-order valence-corrected chi connectivity index (χ3v) is 5.66. The number of aromatic nitrogens is 2. The maximum absolute atomic E-state index is 12.1. The molecule has 1 amide bonds. The van der Waals surface area contributed by atoms with Gasteiger partial charge in [-0.05, 0) is 12.1 Å². The number of rotatable bonds is 5. The van der Waals surface area contributed by atoms with Gasteiger partial charge >= 0.3 is 0 Å². The van der Waals surface area contributed by atoms with E-state index in [0.29, 0.717) is 10.7 Å². The molecular weight excluding hydrogens is 364 g/mol. The third-order valence-electron chi connectivity index (χ3n) is 3.46. The summed E-state index contributed by atoms with van der Waals surface area (Å²) < 4.78 is 0. The van der Waals surface area contributed by atoms with Crippen LogP contribution in [0.5, 0.6) is 0 Å². The molecule has 8 heteroatoms. The van der Waals surface area contributed by atoms with Crippen molar-refractivity contribution in [3.63, 3.8) is 0 Å². The van der Waals surface area contributed by atoms with Gasteiger partial charge in [-0.25, -0.2) is 9.97 Å². The largest absolute Gasteiger partial charge is 0.355 e. The SMILES string of the molecule is O=C(CSc1cc(N2CCSCC2)ncn1)Nc1ccccc1Cl. The van der Waals surface area contributed by atoms with Crippen molar-refractivity contribution in [3.8, 4) is 0 Å². The van der Waals surface area contributed by atoms with Crippen molar-refractivity contribution in [1.82, 2.24) is 9.97 Å². The topological polar surface area (TPSA) is 58.1 Å². The zero-order valence-corrected chi connectivity index (χ0v) is 15.3. The number of anilines is 2. The van der Waals surface area contributed by atoms with Crippen LogP contribution in [-0.2, 0) is 4.79 Å². The van der Waals surface area contributed by atoms with Crippen molar-refractivity contribution in [1.29, 1.82) is 0 Å². The number of para-hydroxylation sites is 1. The van der Waals surface area contributed by atoms with Crippen LogP contribution in [0.25, 0.3) is 0 Å². The van der Waals surface area contributed by atoms with Gasteiger partial charge in [-0.1, -0.05) is 35.5 Å². The van der Waals surface area contributed by atoms with Crippen LogP contribution in [0.3, 0.4) is 0 Å². The van der Waals surface area contributed by atoms with Crippen LogP contribution in [0.1, 0.15) is 0 Å². The summed E-state index contributed by atoms with van der Waals surface area (Å²) in [5, 5.41) is 4.14. The molecule has 5 nitrogen and oxygen atoms in total. The Kier molecular flexibility index (Phi) is 6.23. The summed E-state index contributed by atoms with van der Waals surface area (Å²) >= 11 is 9.40. The smallest absolute Gasteiger partial charge is 0.234 e. The van der Waals surface area contributed by atoms with Crippen LogP contribution in [0.2, 0.25) is 5.02 Å². The molecule has 1 N–H and O–H groups in total. The summed E-state index contributed by atoms with van der Waals surface area (Å²) in [6, 6.07) is 9.14. The van der Waals surface area contributed by atoms with E-state index in [2.05, 4.69) is 20.2 Å². The van der Waals surface area contributed by atoms with E-state index in [0.717, 1.165) is 35.4 Å². The molecule has 0 bridgehead atoms. The number of halogens is 1. The second kappa shape index (κ2) is 8.60. The van der Waals surface area contributed by atoms with E-state index in [9.17, 15) is 4.79 Å². The Morgan fingerprint density at radius 2 is 2.08 bits per heavy atom. The molecule has 1 saturated heterocycles. The number of carbonyl (C=O) groups is 1. The van der Waals surface area contributed by atoms with Gasteiger partial charge in [0.25, 0.3) is 0 Å². The van der Waals surface area contributed by atoms with Gasteiger partial charge in [0.2, 0.25) is 5.91 Å². The van der Waals surface area contributed by atoms with Crippen LogP contribution < -0.4 is 10.2 Å². The van der Waals surface area contributed by atoms with Gasteiger partial charge in [0.1, 0.15) is 17.2 Å². The fraction of sp³-hybridized carbons (Fsp3) is 0.312. The first-order valence-electron chi connectivity index (χ1n) is 7.54.